The quantitative estimate of drug-likeness (QED) is 0.895. The van der Waals surface area contributed by atoms with E-state index in [1.807, 2.05) is 27.0 Å². The van der Waals surface area contributed by atoms with Crippen molar-refractivity contribution in [2.45, 2.75) is 37.6 Å². The first-order chi connectivity index (χ1) is 11.4. The average molecular weight is 345 g/mol. The fourth-order valence-corrected chi connectivity index (χ4v) is 5.05. The Morgan fingerprint density at radius 2 is 2.29 bits per heavy atom. The van der Waals surface area contributed by atoms with Gasteiger partial charge < -0.3 is 10.2 Å². The molecular formula is C16H19N5O2S. The number of carbonyl (C=O) groups excluding carboxylic acids is 2. The smallest absolute Gasteiger partial charge is 0.248 e. The van der Waals surface area contributed by atoms with E-state index >= 15 is 0 Å². The van der Waals surface area contributed by atoms with E-state index in [4.69, 9.17) is 0 Å². The number of rotatable bonds is 2. The lowest BCUT2D eigenvalue weighted by atomic mass is 10.2. The second kappa shape index (κ2) is 5.20. The van der Waals surface area contributed by atoms with E-state index in [2.05, 4.69) is 15.4 Å². The molecule has 4 rings (SSSR count). The number of aryl methyl sites for hydroxylation is 2. The van der Waals surface area contributed by atoms with Crippen LogP contribution >= 0.6 is 11.8 Å². The van der Waals surface area contributed by atoms with Crippen LogP contribution in [0, 0.1) is 6.92 Å². The van der Waals surface area contributed by atoms with Gasteiger partial charge in [-0.3, -0.25) is 14.3 Å². The van der Waals surface area contributed by atoms with Gasteiger partial charge in [0.25, 0.3) is 0 Å². The number of pyridine rings is 1. The van der Waals surface area contributed by atoms with Gasteiger partial charge in [0.15, 0.2) is 5.65 Å². The van der Waals surface area contributed by atoms with Crippen molar-refractivity contribution < 1.29 is 9.59 Å². The fourth-order valence-electron chi connectivity index (χ4n) is 3.62. The summed E-state index contributed by atoms with van der Waals surface area (Å²) in [6, 6.07) is 1.47. The minimum atomic E-state index is -0.416. The van der Waals surface area contributed by atoms with Crippen molar-refractivity contribution in [3.8, 4) is 0 Å². The van der Waals surface area contributed by atoms with E-state index in [0.29, 0.717) is 17.9 Å². The van der Waals surface area contributed by atoms with Crippen LogP contribution in [0.5, 0.6) is 0 Å². The molecule has 2 atom stereocenters. The maximum Gasteiger partial charge on any atom is 0.248 e. The molecule has 126 valence electrons. The van der Waals surface area contributed by atoms with Gasteiger partial charge in [-0.05, 0) is 26.3 Å². The second-order valence-electron chi connectivity index (χ2n) is 6.56. The van der Waals surface area contributed by atoms with Crippen LogP contribution in [0.4, 0.5) is 5.69 Å². The molecule has 2 saturated heterocycles. The van der Waals surface area contributed by atoms with Crippen LogP contribution in [-0.2, 0) is 16.6 Å². The molecule has 2 aliphatic heterocycles. The van der Waals surface area contributed by atoms with Gasteiger partial charge in [-0.1, -0.05) is 0 Å². The molecule has 2 aromatic rings. The number of thioether (sulfide) groups is 1. The Bertz CT molecular complexity index is 864. The number of hydrogen-bond donors (Lipinski definition) is 1. The summed E-state index contributed by atoms with van der Waals surface area (Å²) >= 11 is 1.69. The monoisotopic (exact) mass is 345 g/mol. The Morgan fingerprint density at radius 3 is 3.08 bits per heavy atom. The maximum atomic E-state index is 12.7. The van der Waals surface area contributed by atoms with E-state index in [1.165, 1.54) is 0 Å². The van der Waals surface area contributed by atoms with Crippen LogP contribution in [0.2, 0.25) is 0 Å². The third-order valence-electron chi connectivity index (χ3n) is 4.88. The summed E-state index contributed by atoms with van der Waals surface area (Å²) in [7, 11) is 1.84. The molecule has 2 aliphatic rings. The van der Waals surface area contributed by atoms with Gasteiger partial charge in [0.2, 0.25) is 11.8 Å². The lowest BCUT2D eigenvalue weighted by Crippen LogP contribution is -2.48. The Hall–Kier alpha value is -2.09. The van der Waals surface area contributed by atoms with Crippen molar-refractivity contribution in [1.82, 2.24) is 19.7 Å². The normalized spacial score (nSPS) is 26.2. The second-order valence-corrected chi connectivity index (χ2v) is 8.06. The maximum absolute atomic E-state index is 12.7. The van der Waals surface area contributed by atoms with Gasteiger partial charge in [-0.25, -0.2) is 4.98 Å². The third kappa shape index (κ3) is 2.20. The van der Waals surface area contributed by atoms with Crippen LogP contribution in [-0.4, -0.2) is 48.1 Å². The van der Waals surface area contributed by atoms with Gasteiger partial charge >= 0.3 is 0 Å². The van der Waals surface area contributed by atoms with Crippen molar-refractivity contribution in [2.75, 3.05) is 11.1 Å². The number of nitrogens with one attached hydrogen (secondary N) is 1. The van der Waals surface area contributed by atoms with E-state index in [-0.39, 0.29) is 16.7 Å². The van der Waals surface area contributed by atoms with Crippen molar-refractivity contribution in [1.29, 1.82) is 0 Å². The molecule has 0 aliphatic carbocycles. The summed E-state index contributed by atoms with van der Waals surface area (Å²) in [5, 5.41) is 8.17. The molecule has 2 fully saturated rings. The highest BCUT2D eigenvalue weighted by atomic mass is 32.2. The third-order valence-corrected chi connectivity index (χ3v) is 6.38. The zero-order valence-electron chi connectivity index (χ0n) is 13.9. The Morgan fingerprint density at radius 1 is 1.50 bits per heavy atom. The number of fused-ring (bicyclic) bond motifs is 2. The molecule has 1 N–H and O–H groups in total. The van der Waals surface area contributed by atoms with Crippen LogP contribution in [0.1, 0.15) is 25.5 Å². The van der Waals surface area contributed by atoms with E-state index in [0.717, 1.165) is 23.1 Å². The van der Waals surface area contributed by atoms with Crippen LogP contribution in [0.3, 0.4) is 0 Å². The zero-order chi connectivity index (χ0) is 17.1. The molecule has 0 saturated carbocycles. The van der Waals surface area contributed by atoms with E-state index < -0.39 is 6.04 Å². The summed E-state index contributed by atoms with van der Waals surface area (Å²) in [5.74, 6) is 0.554. The highest BCUT2D eigenvalue weighted by molar-refractivity contribution is 8.01. The molecule has 7 nitrogen and oxygen atoms in total. The summed E-state index contributed by atoms with van der Waals surface area (Å²) in [4.78, 5) is 30.8. The topological polar surface area (TPSA) is 80.1 Å². The molecule has 2 unspecified atom stereocenters. The predicted molar refractivity (Wildman–Crippen MR) is 92.6 cm³/mol. The number of aromatic nitrogens is 3. The summed E-state index contributed by atoms with van der Waals surface area (Å²) < 4.78 is 1.72. The van der Waals surface area contributed by atoms with E-state index in [9.17, 15) is 9.59 Å². The van der Waals surface area contributed by atoms with Crippen molar-refractivity contribution in [3.63, 3.8) is 0 Å². The highest BCUT2D eigenvalue weighted by Crippen LogP contribution is 2.47. The average Bonchev–Trinajstić information content (AvgIpc) is 3.12. The van der Waals surface area contributed by atoms with Crippen molar-refractivity contribution in [3.05, 3.63) is 18.0 Å². The first kappa shape index (κ1) is 15.4. The first-order valence-corrected chi connectivity index (χ1v) is 8.94. The fraction of sp³-hybridized carbons (Fsp3) is 0.500. The standard InChI is InChI=1S/C16H19N5O2S/c1-9-11-6-10(7-17-14(11)20(3)19-9)18-15(23)12-8-24-16(2)5-4-13(22)21(12)16/h6-7,12H,4-5,8H2,1-3H3,(H,18,23). The van der Waals surface area contributed by atoms with Crippen LogP contribution < -0.4 is 5.32 Å². The van der Waals surface area contributed by atoms with Gasteiger partial charge in [0, 0.05) is 24.6 Å². The lowest BCUT2D eigenvalue weighted by molar-refractivity contribution is -0.135. The summed E-state index contributed by atoms with van der Waals surface area (Å²) in [6.07, 6.45) is 2.97. The molecule has 0 spiro atoms. The predicted octanol–water partition coefficient (Wildman–Crippen LogP) is 1.67. The van der Waals surface area contributed by atoms with Crippen LogP contribution in [0.25, 0.3) is 11.0 Å². The highest BCUT2D eigenvalue weighted by Gasteiger charge is 2.52. The number of nitrogens with zero attached hydrogens (tertiary/aromatic N) is 4. The summed E-state index contributed by atoms with van der Waals surface area (Å²) in [5.41, 5.74) is 2.29. The number of anilines is 1. The van der Waals surface area contributed by atoms with Crippen molar-refractivity contribution in [2.24, 2.45) is 7.05 Å². The van der Waals surface area contributed by atoms with Crippen LogP contribution in [0.15, 0.2) is 12.3 Å². The Balaban J connectivity index is 1.58. The largest absolute Gasteiger partial charge is 0.323 e. The first-order valence-electron chi connectivity index (χ1n) is 7.95. The molecule has 0 radical (unpaired) electrons. The molecule has 4 heterocycles. The van der Waals surface area contributed by atoms with E-state index in [1.54, 1.807) is 27.5 Å². The minimum Gasteiger partial charge on any atom is -0.323 e. The molecule has 0 bridgehead atoms. The molecule has 2 amide bonds. The molecular weight excluding hydrogens is 326 g/mol. The van der Waals surface area contributed by atoms with Crippen molar-refractivity contribution >= 4 is 40.3 Å². The van der Waals surface area contributed by atoms with Gasteiger partial charge in [-0.2, -0.15) is 5.10 Å². The number of amides is 2. The number of carbonyl (C=O) groups is 2. The molecule has 0 aromatic carbocycles. The summed E-state index contributed by atoms with van der Waals surface area (Å²) in [6.45, 7) is 3.96. The lowest BCUT2D eigenvalue weighted by Gasteiger charge is -2.29. The SMILES string of the molecule is Cc1nn(C)c2ncc(NC(=O)C3CSC4(C)CCC(=O)N34)cc12. The Kier molecular flexibility index (Phi) is 3.35. The van der Waals surface area contributed by atoms with Gasteiger partial charge in [0.05, 0.1) is 22.4 Å². The number of hydrogen-bond acceptors (Lipinski definition) is 5. The molecule has 24 heavy (non-hydrogen) atoms. The van der Waals surface area contributed by atoms with Gasteiger partial charge in [0.1, 0.15) is 6.04 Å². The van der Waals surface area contributed by atoms with Gasteiger partial charge in [-0.15, -0.1) is 11.8 Å². The molecule has 8 heteroatoms. The Labute approximate surface area is 143 Å². The zero-order valence-corrected chi connectivity index (χ0v) is 14.7. The molecule has 2 aromatic heterocycles. The minimum absolute atomic E-state index is 0.0688.